The summed E-state index contributed by atoms with van der Waals surface area (Å²) in [6.07, 6.45) is 2.54. The van der Waals surface area contributed by atoms with Gasteiger partial charge in [0.05, 0.1) is 13.7 Å². The Morgan fingerprint density at radius 1 is 1.30 bits per heavy atom. The van der Waals surface area contributed by atoms with Gasteiger partial charge in [0, 0.05) is 28.7 Å². The highest BCUT2D eigenvalue weighted by Gasteiger charge is 2.24. The van der Waals surface area contributed by atoms with Gasteiger partial charge in [0.2, 0.25) is 0 Å². The highest BCUT2D eigenvalue weighted by molar-refractivity contribution is 6.30. The first kappa shape index (κ1) is 15.5. The van der Waals surface area contributed by atoms with Crippen LogP contribution in [0.1, 0.15) is 39.2 Å². The lowest BCUT2D eigenvalue weighted by molar-refractivity contribution is 0.275. The minimum Gasteiger partial charge on any atom is -0.493 e. The lowest BCUT2D eigenvalue weighted by Gasteiger charge is -2.22. The van der Waals surface area contributed by atoms with Gasteiger partial charge in [-0.05, 0) is 45.6 Å². The summed E-state index contributed by atoms with van der Waals surface area (Å²) in [5.41, 5.74) is 1.09. The third kappa shape index (κ3) is 4.57. The molecule has 0 bridgehead atoms. The number of ether oxygens (including phenoxy) is 2. The molecule has 20 heavy (non-hydrogen) atoms. The number of halogens is 1. The Balaban J connectivity index is 2.18. The second-order valence-electron chi connectivity index (χ2n) is 6.45. The zero-order chi connectivity index (χ0) is 14.8. The van der Waals surface area contributed by atoms with E-state index in [0.717, 1.165) is 17.9 Å². The highest BCUT2D eigenvalue weighted by atomic mass is 35.5. The fourth-order valence-corrected chi connectivity index (χ4v) is 2.15. The molecule has 2 rings (SSSR count). The Morgan fingerprint density at radius 3 is 2.55 bits per heavy atom. The van der Waals surface area contributed by atoms with Crippen molar-refractivity contribution in [1.82, 2.24) is 5.32 Å². The molecular weight excluding hydrogens is 274 g/mol. The van der Waals surface area contributed by atoms with Crippen LogP contribution in [0.2, 0.25) is 5.02 Å². The molecule has 1 N–H and O–H groups in total. The predicted molar refractivity (Wildman–Crippen MR) is 82.8 cm³/mol. The molecule has 0 atom stereocenters. The minimum atomic E-state index is 0.0450. The predicted octanol–water partition coefficient (Wildman–Crippen LogP) is 4.03. The van der Waals surface area contributed by atoms with Gasteiger partial charge < -0.3 is 14.8 Å². The van der Waals surface area contributed by atoms with Gasteiger partial charge in [-0.1, -0.05) is 11.6 Å². The quantitative estimate of drug-likeness (QED) is 0.860. The molecule has 1 aliphatic carbocycles. The average molecular weight is 298 g/mol. The Kier molecular flexibility index (Phi) is 4.82. The molecule has 0 spiro atoms. The van der Waals surface area contributed by atoms with Gasteiger partial charge in [-0.2, -0.15) is 0 Å². The van der Waals surface area contributed by atoms with Crippen molar-refractivity contribution in [2.75, 3.05) is 13.7 Å². The molecule has 3 nitrogen and oxygen atoms in total. The van der Waals surface area contributed by atoms with Crippen LogP contribution in [-0.2, 0) is 6.54 Å². The Bertz CT molecular complexity index is 464. The zero-order valence-electron chi connectivity index (χ0n) is 12.8. The van der Waals surface area contributed by atoms with Crippen molar-refractivity contribution in [3.8, 4) is 11.5 Å². The van der Waals surface area contributed by atoms with Crippen LogP contribution in [-0.4, -0.2) is 19.3 Å². The highest BCUT2D eigenvalue weighted by Crippen LogP contribution is 2.37. The average Bonchev–Trinajstić information content (AvgIpc) is 3.17. The van der Waals surface area contributed by atoms with E-state index in [1.807, 2.05) is 12.1 Å². The fourth-order valence-electron chi connectivity index (χ4n) is 1.92. The topological polar surface area (TPSA) is 30.5 Å². The van der Waals surface area contributed by atoms with E-state index in [1.165, 1.54) is 12.8 Å². The Hall–Kier alpha value is -0.930. The van der Waals surface area contributed by atoms with E-state index in [0.29, 0.717) is 23.2 Å². The summed E-state index contributed by atoms with van der Waals surface area (Å²) in [7, 11) is 1.65. The van der Waals surface area contributed by atoms with E-state index in [4.69, 9.17) is 21.1 Å². The maximum atomic E-state index is 6.16. The van der Waals surface area contributed by atoms with Crippen molar-refractivity contribution in [2.45, 2.75) is 45.7 Å². The molecule has 0 amide bonds. The van der Waals surface area contributed by atoms with Gasteiger partial charge in [-0.3, -0.25) is 0 Å². The van der Waals surface area contributed by atoms with E-state index < -0.39 is 0 Å². The molecule has 0 radical (unpaired) electrons. The van der Waals surface area contributed by atoms with Crippen LogP contribution < -0.4 is 14.8 Å². The summed E-state index contributed by atoms with van der Waals surface area (Å²) in [6.45, 7) is 7.89. The van der Waals surface area contributed by atoms with E-state index >= 15 is 0 Å². The summed E-state index contributed by atoms with van der Waals surface area (Å²) in [4.78, 5) is 0. The van der Waals surface area contributed by atoms with Crippen molar-refractivity contribution in [2.24, 2.45) is 5.92 Å². The largest absolute Gasteiger partial charge is 0.493 e. The lowest BCUT2D eigenvalue weighted by atomic mass is 10.1. The number of rotatable bonds is 6. The van der Waals surface area contributed by atoms with E-state index in [-0.39, 0.29) is 5.54 Å². The normalized spacial score (nSPS) is 15.2. The van der Waals surface area contributed by atoms with Gasteiger partial charge >= 0.3 is 0 Å². The number of hydrogen-bond donors (Lipinski definition) is 1. The third-order valence-electron chi connectivity index (χ3n) is 3.29. The van der Waals surface area contributed by atoms with E-state index in [9.17, 15) is 0 Å². The SMILES string of the molecule is COc1cc(Cl)cc(CNC(C)(C)C)c1OCC1CC1. The van der Waals surface area contributed by atoms with Crippen molar-refractivity contribution in [3.63, 3.8) is 0 Å². The molecule has 1 aromatic carbocycles. The molecule has 1 saturated carbocycles. The lowest BCUT2D eigenvalue weighted by Crippen LogP contribution is -2.35. The Morgan fingerprint density at radius 2 is 2.00 bits per heavy atom. The summed E-state index contributed by atoms with van der Waals surface area (Å²) in [5, 5.41) is 4.14. The molecular formula is C16H24ClNO2. The fraction of sp³-hybridized carbons (Fsp3) is 0.625. The maximum absolute atomic E-state index is 6.16. The summed E-state index contributed by atoms with van der Waals surface area (Å²) >= 11 is 6.16. The molecule has 0 unspecified atom stereocenters. The zero-order valence-corrected chi connectivity index (χ0v) is 13.5. The summed E-state index contributed by atoms with van der Waals surface area (Å²) in [6, 6.07) is 3.76. The monoisotopic (exact) mass is 297 g/mol. The Labute approximate surface area is 126 Å². The van der Waals surface area contributed by atoms with Gasteiger partial charge in [0.1, 0.15) is 0 Å². The van der Waals surface area contributed by atoms with E-state index in [2.05, 4.69) is 26.1 Å². The summed E-state index contributed by atoms with van der Waals surface area (Å²) in [5.74, 6) is 2.24. The maximum Gasteiger partial charge on any atom is 0.165 e. The molecule has 0 heterocycles. The number of hydrogen-bond acceptors (Lipinski definition) is 3. The van der Waals surface area contributed by atoms with Crippen molar-refractivity contribution < 1.29 is 9.47 Å². The van der Waals surface area contributed by atoms with Crippen LogP contribution >= 0.6 is 11.6 Å². The van der Waals surface area contributed by atoms with Gasteiger partial charge in [0.25, 0.3) is 0 Å². The van der Waals surface area contributed by atoms with Crippen molar-refractivity contribution >= 4 is 11.6 Å². The molecule has 1 aliphatic rings. The molecule has 112 valence electrons. The summed E-state index contributed by atoms with van der Waals surface area (Å²) < 4.78 is 11.4. The molecule has 0 aliphatic heterocycles. The molecule has 1 aromatic rings. The van der Waals surface area contributed by atoms with E-state index in [1.54, 1.807) is 7.11 Å². The van der Waals surface area contributed by atoms with Crippen molar-refractivity contribution in [3.05, 3.63) is 22.7 Å². The molecule has 0 saturated heterocycles. The van der Waals surface area contributed by atoms with Crippen LogP contribution in [0.15, 0.2) is 12.1 Å². The first-order valence-corrected chi connectivity index (χ1v) is 7.51. The first-order valence-electron chi connectivity index (χ1n) is 7.13. The molecule has 1 fully saturated rings. The molecule has 0 aromatic heterocycles. The van der Waals surface area contributed by atoms with Crippen LogP contribution in [0.5, 0.6) is 11.5 Å². The number of methoxy groups -OCH3 is 1. The molecule has 4 heteroatoms. The standard InChI is InChI=1S/C16H24ClNO2/c1-16(2,3)18-9-12-7-13(17)8-14(19-4)15(12)20-10-11-5-6-11/h7-8,11,18H,5-6,9-10H2,1-4H3. The van der Waals surface area contributed by atoms with Gasteiger partial charge in [0.15, 0.2) is 11.5 Å². The van der Waals surface area contributed by atoms with Crippen molar-refractivity contribution in [1.29, 1.82) is 0 Å². The van der Waals surface area contributed by atoms with Crippen LogP contribution in [0, 0.1) is 5.92 Å². The first-order chi connectivity index (χ1) is 9.39. The van der Waals surface area contributed by atoms with Gasteiger partial charge in [-0.15, -0.1) is 0 Å². The minimum absolute atomic E-state index is 0.0450. The second-order valence-corrected chi connectivity index (χ2v) is 6.89. The second kappa shape index (κ2) is 6.23. The van der Waals surface area contributed by atoms with Crippen LogP contribution in [0.4, 0.5) is 0 Å². The number of benzene rings is 1. The third-order valence-corrected chi connectivity index (χ3v) is 3.50. The van der Waals surface area contributed by atoms with Crippen LogP contribution in [0.25, 0.3) is 0 Å². The van der Waals surface area contributed by atoms with Crippen LogP contribution in [0.3, 0.4) is 0 Å². The smallest absolute Gasteiger partial charge is 0.165 e. The van der Waals surface area contributed by atoms with Gasteiger partial charge in [-0.25, -0.2) is 0 Å². The number of nitrogens with one attached hydrogen (secondary N) is 1.